The first-order valence-corrected chi connectivity index (χ1v) is 14.8. The minimum Gasteiger partial charge on any atom is -0.411 e. The smallest absolute Gasteiger partial charge is 0.409 e. The van der Waals surface area contributed by atoms with E-state index in [-0.39, 0.29) is 35.6 Å². The molecule has 9 nitrogen and oxygen atoms in total. The Kier molecular flexibility index (Phi) is 11.5. The van der Waals surface area contributed by atoms with E-state index in [1.165, 1.54) is 28.6 Å². The van der Waals surface area contributed by atoms with E-state index in [2.05, 4.69) is 5.32 Å². The number of hydrogen-bond acceptors (Lipinski definition) is 6. The zero-order valence-corrected chi connectivity index (χ0v) is 23.8. The molecule has 0 spiro atoms. The van der Waals surface area contributed by atoms with E-state index < -0.39 is 22.2 Å². The van der Waals surface area contributed by atoms with Gasteiger partial charge in [-0.25, -0.2) is 13.2 Å². The third kappa shape index (κ3) is 8.77. The molecule has 4 N–H and O–H groups in total. The highest BCUT2D eigenvalue weighted by molar-refractivity contribution is 7.89. The number of aliphatic hydroxyl groups is 1. The van der Waals surface area contributed by atoms with Crippen LogP contribution >= 0.6 is 0 Å². The summed E-state index contributed by atoms with van der Waals surface area (Å²) in [6, 6.07) is 18.9. The number of nitrogens with one attached hydrogen (secondary N) is 1. The lowest BCUT2D eigenvalue weighted by Crippen LogP contribution is -2.44. The van der Waals surface area contributed by atoms with Gasteiger partial charge in [0.25, 0.3) is 0 Å². The van der Waals surface area contributed by atoms with Crippen LogP contribution in [0.15, 0.2) is 71.6 Å². The Morgan fingerprint density at radius 2 is 1.73 bits per heavy atom. The number of rotatable bonds is 15. The number of nitrogens with zero attached hydrogens (tertiary/aromatic N) is 1. The molecule has 0 aliphatic rings. The fourth-order valence-electron chi connectivity index (χ4n) is 4.52. The van der Waals surface area contributed by atoms with Gasteiger partial charge in [-0.1, -0.05) is 62.7 Å². The highest BCUT2D eigenvalue weighted by Gasteiger charge is 2.31. The first-order chi connectivity index (χ1) is 19.1. The number of sulfonamides is 1. The van der Waals surface area contributed by atoms with Gasteiger partial charge in [0.2, 0.25) is 15.9 Å². The molecule has 1 radical (unpaired) electrons. The number of nitrogens with two attached hydrogens (primary N) is 1. The van der Waals surface area contributed by atoms with Crippen LogP contribution in [-0.2, 0) is 21.2 Å². The second kappa shape index (κ2) is 14.8. The average molecular weight is 569 g/mol. The molecule has 0 heterocycles. The summed E-state index contributed by atoms with van der Waals surface area (Å²) in [4.78, 5) is 23.4. The fraction of sp³-hybridized carbons (Fsp3) is 0.367. The standard InChI is InChI=1S/C30H38N3O6S/c1-22(2)20-33(40(37,38)27-16-14-26(15-17-27)39-30(31)36)25(21-34)11-5-6-19-32-29(35)18-13-24-10-7-9-23-8-3-4-12-28(23)24/h3-4,7-10,12,14-18,22,25,34H,5-6,11,13,19-21H2,1-2H3,(H2,31,36)(H,32,35). The van der Waals surface area contributed by atoms with Crippen LogP contribution in [0, 0.1) is 12.3 Å². The number of aliphatic hydroxyl groups excluding tert-OH is 1. The second-order valence-corrected chi connectivity index (χ2v) is 11.9. The third-order valence-corrected chi connectivity index (χ3v) is 8.40. The molecule has 0 saturated carbocycles. The maximum atomic E-state index is 13.5. The highest BCUT2D eigenvalue weighted by Crippen LogP contribution is 2.24. The van der Waals surface area contributed by atoms with Crippen LogP contribution in [-0.4, -0.2) is 55.6 Å². The first kappa shape index (κ1) is 31.1. The molecule has 0 saturated heterocycles. The lowest BCUT2D eigenvalue weighted by Gasteiger charge is -2.31. The Bertz CT molecular complexity index is 1370. The van der Waals surface area contributed by atoms with E-state index in [4.69, 9.17) is 10.5 Å². The van der Waals surface area contributed by atoms with Crippen molar-refractivity contribution >= 4 is 32.8 Å². The summed E-state index contributed by atoms with van der Waals surface area (Å²) in [6.45, 7) is 4.16. The Morgan fingerprint density at radius 1 is 1.02 bits per heavy atom. The number of ether oxygens (including phenoxy) is 1. The van der Waals surface area contributed by atoms with E-state index in [0.29, 0.717) is 32.2 Å². The molecule has 0 aliphatic heterocycles. The predicted octanol–water partition coefficient (Wildman–Crippen LogP) is 4.04. The van der Waals surface area contributed by atoms with E-state index >= 15 is 0 Å². The molecule has 1 unspecified atom stereocenters. The lowest BCUT2D eigenvalue weighted by atomic mass is 10.0. The topological polar surface area (TPSA) is 139 Å². The number of carbonyl (C=O) groups is 2. The SMILES string of the molecule is CC(C)CN(C(CO)CCCCNC(=O)[CH]Cc1cccc2ccccc12)S(=O)(=O)c1ccc(OC(N)=O)cc1. The van der Waals surface area contributed by atoms with Gasteiger partial charge in [-0.15, -0.1) is 0 Å². The monoisotopic (exact) mass is 568 g/mol. The molecular formula is C30H38N3O6S. The molecule has 3 aromatic rings. The minimum absolute atomic E-state index is 0.0254. The van der Waals surface area contributed by atoms with Gasteiger partial charge < -0.3 is 20.9 Å². The van der Waals surface area contributed by atoms with E-state index in [0.717, 1.165) is 16.3 Å². The van der Waals surface area contributed by atoms with Gasteiger partial charge in [0.1, 0.15) is 5.75 Å². The second-order valence-electron chi connectivity index (χ2n) is 10.0. The van der Waals surface area contributed by atoms with Gasteiger partial charge in [0.05, 0.1) is 17.9 Å². The van der Waals surface area contributed by atoms with Gasteiger partial charge in [-0.2, -0.15) is 4.31 Å². The van der Waals surface area contributed by atoms with Crippen molar-refractivity contribution in [1.29, 1.82) is 0 Å². The van der Waals surface area contributed by atoms with Crippen molar-refractivity contribution in [3.05, 3.63) is 78.7 Å². The summed E-state index contributed by atoms with van der Waals surface area (Å²) in [6.07, 6.45) is 2.85. The lowest BCUT2D eigenvalue weighted by molar-refractivity contribution is -0.117. The van der Waals surface area contributed by atoms with Crippen molar-refractivity contribution in [1.82, 2.24) is 9.62 Å². The normalized spacial score (nSPS) is 12.5. The van der Waals surface area contributed by atoms with Crippen LogP contribution in [0.25, 0.3) is 10.8 Å². The summed E-state index contributed by atoms with van der Waals surface area (Å²) in [7, 11) is -3.93. The summed E-state index contributed by atoms with van der Waals surface area (Å²) >= 11 is 0. The molecule has 40 heavy (non-hydrogen) atoms. The molecule has 2 amide bonds. The maximum Gasteiger partial charge on any atom is 0.409 e. The molecule has 1 atom stereocenters. The van der Waals surface area contributed by atoms with Gasteiger partial charge in [-0.05, 0) is 65.8 Å². The van der Waals surface area contributed by atoms with Gasteiger partial charge in [0, 0.05) is 19.1 Å². The maximum absolute atomic E-state index is 13.5. The number of unbranched alkanes of at least 4 members (excludes halogenated alkanes) is 1. The van der Waals surface area contributed by atoms with Crippen molar-refractivity contribution in [2.24, 2.45) is 11.7 Å². The predicted molar refractivity (Wildman–Crippen MR) is 155 cm³/mol. The highest BCUT2D eigenvalue weighted by atomic mass is 32.2. The van der Waals surface area contributed by atoms with Crippen LogP contribution in [0.3, 0.4) is 0 Å². The van der Waals surface area contributed by atoms with Crippen molar-refractivity contribution < 1.29 is 27.9 Å². The third-order valence-electron chi connectivity index (χ3n) is 6.46. The van der Waals surface area contributed by atoms with Crippen LogP contribution < -0.4 is 15.8 Å². The van der Waals surface area contributed by atoms with Crippen LogP contribution in [0.1, 0.15) is 38.7 Å². The molecule has 0 aromatic heterocycles. The quantitative estimate of drug-likeness (QED) is 0.237. The van der Waals surface area contributed by atoms with Crippen molar-refractivity contribution in [2.45, 2.75) is 50.5 Å². The first-order valence-electron chi connectivity index (χ1n) is 13.4. The minimum atomic E-state index is -3.93. The summed E-state index contributed by atoms with van der Waals surface area (Å²) in [5.41, 5.74) is 6.09. The number of benzene rings is 3. The van der Waals surface area contributed by atoms with Crippen LogP contribution in [0.4, 0.5) is 4.79 Å². The molecule has 215 valence electrons. The van der Waals surface area contributed by atoms with Gasteiger partial charge in [-0.3, -0.25) is 4.79 Å². The molecule has 3 rings (SSSR count). The van der Waals surface area contributed by atoms with Crippen molar-refractivity contribution in [2.75, 3.05) is 19.7 Å². The number of carbonyl (C=O) groups excluding carboxylic acids is 2. The van der Waals surface area contributed by atoms with E-state index in [1.54, 1.807) is 6.42 Å². The number of fused-ring (bicyclic) bond motifs is 1. The Hall–Kier alpha value is -3.47. The Labute approximate surface area is 236 Å². The summed E-state index contributed by atoms with van der Waals surface area (Å²) < 4.78 is 33.1. The van der Waals surface area contributed by atoms with Crippen LogP contribution in [0.2, 0.25) is 0 Å². The van der Waals surface area contributed by atoms with Crippen molar-refractivity contribution in [3.63, 3.8) is 0 Å². The molecule has 0 bridgehead atoms. The average Bonchev–Trinajstić information content (AvgIpc) is 2.92. The van der Waals surface area contributed by atoms with E-state index in [1.807, 2.05) is 56.3 Å². The number of hydrogen-bond donors (Lipinski definition) is 3. The molecular weight excluding hydrogens is 530 g/mol. The van der Waals surface area contributed by atoms with E-state index in [9.17, 15) is 23.1 Å². The van der Waals surface area contributed by atoms with Gasteiger partial charge in [0.15, 0.2) is 0 Å². The fourth-order valence-corrected chi connectivity index (χ4v) is 6.33. The molecule has 3 aromatic carbocycles. The summed E-state index contributed by atoms with van der Waals surface area (Å²) in [5, 5.41) is 15.3. The summed E-state index contributed by atoms with van der Waals surface area (Å²) in [5.74, 6) is 0.00856. The Morgan fingerprint density at radius 3 is 2.40 bits per heavy atom. The zero-order valence-electron chi connectivity index (χ0n) is 23.0. The van der Waals surface area contributed by atoms with Gasteiger partial charge >= 0.3 is 6.09 Å². The zero-order chi connectivity index (χ0) is 29.1. The van der Waals surface area contributed by atoms with Crippen LogP contribution in [0.5, 0.6) is 5.75 Å². The number of primary amides is 1. The number of amides is 2. The largest absolute Gasteiger partial charge is 0.411 e. The Balaban J connectivity index is 1.52. The molecule has 0 aliphatic carbocycles. The molecule has 0 fully saturated rings. The molecule has 10 heteroatoms. The van der Waals surface area contributed by atoms with Crippen molar-refractivity contribution in [3.8, 4) is 5.75 Å².